The van der Waals surface area contributed by atoms with Crippen LogP contribution in [0, 0.1) is 5.92 Å². The molecular formula is C14H16ClN3O. The molecule has 100 valence electrons. The standard InChI is InChI=1S/C14H16ClN3O/c1-10-3-2-6-17(7-10)14(19)12-9-18-8-11(15)4-5-13(18)16-12/h4-5,8-10H,2-3,6-7H2,1H3/t10-/m1/s1. The molecule has 0 N–H and O–H groups in total. The zero-order valence-corrected chi connectivity index (χ0v) is 11.6. The molecule has 0 bridgehead atoms. The molecule has 2 aromatic heterocycles. The van der Waals surface area contributed by atoms with Crippen molar-refractivity contribution in [3.63, 3.8) is 0 Å². The summed E-state index contributed by atoms with van der Waals surface area (Å²) in [6, 6.07) is 3.60. The monoisotopic (exact) mass is 277 g/mol. The number of pyridine rings is 1. The molecule has 3 heterocycles. The summed E-state index contributed by atoms with van der Waals surface area (Å²) in [4.78, 5) is 18.7. The molecule has 19 heavy (non-hydrogen) atoms. The number of piperidine rings is 1. The van der Waals surface area contributed by atoms with Gasteiger partial charge in [-0.1, -0.05) is 18.5 Å². The maximum absolute atomic E-state index is 12.4. The van der Waals surface area contributed by atoms with E-state index in [0.717, 1.165) is 25.2 Å². The summed E-state index contributed by atoms with van der Waals surface area (Å²) in [5, 5.41) is 0.635. The number of halogens is 1. The Balaban J connectivity index is 1.88. The lowest BCUT2D eigenvalue weighted by Crippen LogP contribution is -2.39. The second-order valence-corrected chi connectivity index (χ2v) is 5.67. The predicted octanol–water partition coefficient (Wildman–Crippen LogP) is 2.86. The maximum atomic E-state index is 12.4. The van der Waals surface area contributed by atoms with Gasteiger partial charge in [0.1, 0.15) is 11.3 Å². The fourth-order valence-corrected chi connectivity index (χ4v) is 2.77. The van der Waals surface area contributed by atoms with E-state index >= 15 is 0 Å². The van der Waals surface area contributed by atoms with Crippen LogP contribution in [0.15, 0.2) is 24.5 Å². The molecule has 1 aliphatic rings. The molecular weight excluding hydrogens is 262 g/mol. The van der Waals surface area contributed by atoms with E-state index in [-0.39, 0.29) is 5.91 Å². The van der Waals surface area contributed by atoms with Crippen molar-refractivity contribution < 1.29 is 4.79 Å². The van der Waals surface area contributed by atoms with Crippen LogP contribution in [-0.2, 0) is 0 Å². The van der Waals surface area contributed by atoms with E-state index in [1.165, 1.54) is 6.42 Å². The normalized spacial score (nSPS) is 19.9. The summed E-state index contributed by atoms with van der Waals surface area (Å²) in [6.07, 6.45) is 5.79. The van der Waals surface area contributed by atoms with Crippen molar-refractivity contribution in [1.82, 2.24) is 14.3 Å². The second-order valence-electron chi connectivity index (χ2n) is 5.24. The van der Waals surface area contributed by atoms with Gasteiger partial charge in [-0.25, -0.2) is 4.98 Å². The number of imidazole rings is 1. The van der Waals surface area contributed by atoms with Crippen LogP contribution in [0.25, 0.3) is 5.65 Å². The van der Waals surface area contributed by atoms with E-state index in [9.17, 15) is 4.79 Å². The minimum atomic E-state index is 0.0198. The quantitative estimate of drug-likeness (QED) is 0.804. The van der Waals surface area contributed by atoms with Gasteiger partial charge in [-0.2, -0.15) is 0 Å². The number of aromatic nitrogens is 2. The number of carbonyl (C=O) groups is 1. The topological polar surface area (TPSA) is 37.6 Å². The average molecular weight is 278 g/mol. The summed E-state index contributed by atoms with van der Waals surface area (Å²) >= 11 is 5.93. The first kappa shape index (κ1) is 12.5. The highest BCUT2D eigenvalue weighted by Crippen LogP contribution is 2.18. The molecule has 1 aliphatic heterocycles. The van der Waals surface area contributed by atoms with Crippen molar-refractivity contribution in [1.29, 1.82) is 0 Å². The van der Waals surface area contributed by atoms with E-state index in [1.54, 1.807) is 22.9 Å². The molecule has 0 spiro atoms. The zero-order chi connectivity index (χ0) is 13.4. The molecule has 1 atom stereocenters. The molecule has 1 fully saturated rings. The number of hydrogen-bond acceptors (Lipinski definition) is 2. The van der Waals surface area contributed by atoms with E-state index in [1.807, 2.05) is 11.0 Å². The highest BCUT2D eigenvalue weighted by atomic mass is 35.5. The van der Waals surface area contributed by atoms with Crippen molar-refractivity contribution in [2.45, 2.75) is 19.8 Å². The SMILES string of the molecule is C[C@@H]1CCCN(C(=O)c2cn3cc(Cl)ccc3n2)C1. The molecule has 0 unspecified atom stereocenters. The minimum absolute atomic E-state index is 0.0198. The molecule has 1 amide bonds. The summed E-state index contributed by atoms with van der Waals surface area (Å²) in [7, 11) is 0. The highest BCUT2D eigenvalue weighted by molar-refractivity contribution is 6.30. The Morgan fingerprint density at radius 2 is 2.26 bits per heavy atom. The van der Waals surface area contributed by atoms with Crippen LogP contribution >= 0.6 is 11.6 Å². The van der Waals surface area contributed by atoms with Crippen LogP contribution < -0.4 is 0 Å². The first-order valence-electron chi connectivity index (χ1n) is 6.57. The van der Waals surface area contributed by atoms with Crippen molar-refractivity contribution in [3.8, 4) is 0 Å². The highest BCUT2D eigenvalue weighted by Gasteiger charge is 2.23. The van der Waals surface area contributed by atoms with Crippen LogP contribution in [0.1, 0.15) is 30.3 Å². The number of carbonyl (C=O) groups excluding carboxylic acids is 1. The van der Waals surface area contributed by atoms with Crippen molar-refractivity contribution in [3.05, 3.63) is 35.2 Å². The van der Waals surface area contributed by atoms with Crippen LogP contribution in [-0.4, -0.2) is 33.3 Å². The summed E-state index contributed by atoms with van der Waals surface area (Å²) < 4.78 is 1.79. The smallest absolute Gasteiger partial charge is 0.274 e. The lowest BCUT2D eigenvalue weighted by molar-refractivity contribution is 0.0678. The summed E-state index contributed by atoms with van der Waals surface area (Å²) in [5.41, 5.74) is 1.24. The van der Waals surface area contributed by atoms with Gasteiger partial charge < -0.3 is 9.30 Å². The number of fused-ring (bicyclic) bond motifs is 1. The number of nitrogens with zero attached hydrogens (tertiary/aromatic N) is 3. The fourth-order valence-electron chi connectivity index (χ4n) is 2.60. The number of rotatable bonds is 1. The van der Waals surface area contributed by atoms with Gasteiger partial charge in [0.2, 0.25) is 0 Å². The van der Waals surface area contributed by atoms with E-state index < -0.39 is 0 Å². The van der Waals surface area contributed by atoms with Crippen LogP contribution in [0.4, 0.5) is 0 Å². The van der Waals surface area contributed by atoms with Gasteiger partial charge in [0.05, 0.1) is 5.02 Å². The minimum Gasteiger partial charge on any atom is -0.337 e. The van der Waals surface area contributed by atoms with Crippen molar-refractivity contribution in [2.24, 2.45) is 5.92 Å². The molecule has 0 radical (unpaired) electrons. The van der Waals surface area contributed by atoms with Crippen molar-refractivity contribution in [2.75, 3.05) is 13.1 Å². The lowest BCUT2D eigenvalue weighted by Gasteiger charge is -2.30. The Labute approximate surface area is 117 Å². The molecule has 3 rings (SSSR count). The Bertz CT molecular complexity index is 622. The van der Waals surface area contributed by atoms with Crippen molar-refractivity contribution >= 4 is 23.2 Å². The van der Waals surface area contributed by atoms with Gasteiger partial charge in [0.15, 0.2) is 0 Å². The summed E-state index contributed by atoms with van der Waals surface area (Å²) in [6.45, 7) is 3.84. The molecule has 2 aromatic rings. The van der Waals surface area contributed by atoms with Gasteiger partial charge >= 0.3 is 0 Å². The molecule has 0 aliphatic carbocycles. The Morgan fingerprint density at radius 3 is 3.05 bits per heavy atom. The number of amides is 1. The Hall–Kier alpha value is -1.55. The molecule has 0 aromatic carbocycles. The number of likely N-dealkylation sites (tertiary alicyclic amines) is 1. The van der Waals surface area contributed by atoms with Gasteiger partial charge in [0.25, 0.3) is 5.91 Å². The zero-order valence-electron chi connectivity index (χ0n) is 10.8. The summed E-state index contributed by atoms with van der Waals surface area (Å²) in [5.74, 6) is 0.593. The molecule has 0 saturated carbocycles. The first-order valence-corrected chi connectivity index (χ1v) is 6.95. The molecule has 5 heteroatoms. The molecule has 4 nitrogen and oxygen atoms in total. The van der Waals surface area contributed by atoms with Crippen LogP contribution in [0.5, 0.6) is 0 Å². The largest absolute Gasteiger partial charge is 0.337 e. The number of hydrogen-bond donors (Lipinski definition) is 0. The third-order valence-electron chi connectivity index (χ3n) is 3.58. The lowest BCUT2D eigenvalue weighted by atomic mass is 10.0. The third-order valence-corrected chi connectivity index (χ3v) is 3.80. The maximum Gasteiger partial charge on any atom is 0.274 e. The average Bonchev–Trinajstić information content (AvgIpc) is 2.80. The van der Waals surface area contributed by atoms with Gasteiger partial charge in [0, 0.05) is 25.5 Å². The fraction of sp³-hybridized carbons (Fsp3) is 0.429. The van der Waals surface area contributed by atoms with Gasteiger partial charge in [-0.3, -0.25) is 4.79 Å². The second kappa shape index (κ2) is 4.85. The Morgan fingerprint density at radius 1 is 1.42 bits per heavy atom. The van der Waals surface area contributed by atoms with Gasteiger partial charge in [-0.15, -0.1) is 0 Å². The van der Waals surface area contributed by atoms with Crippen LogP contribution in [0.2, 0.25) is 5.02 Å². The predicted molar refractivity (Wildman–Crippen MR) is 74.5 cm³/mol. The van der Waals surface area contributed by atoms with Gasteiger partial charge in [-0.05, 0) is 30.9 Å². The molecule has 1 saturated heterocycles. The van der Waals surface area contributed by atoms with E-state index in [0.29, 0.717) is 16.6 Å². The van der Waals surface area contributed by atoms with E-state index in [2.05, 4.69) is 11.9 Å². The van der Waals surface area contributed by atoms with Crippen LogP contribution in [0.3, 0.4) is 0 Å². The Kier molecular flexibility index (Phi) is 3.19. The van der Waals surface area contributed by atoms with E-state index in [4.69, 9.17) is 11.6 Å². The first-order chi connectivity index (χ1) is 9.13. The third kappa shape index (κ3) is 2.45.